The van der Waals surface area contributed by atoms with Crippen molar-refractivity contribution in [2.75, 3.05) is 0 Å². The van der Waals surface area contributed by atoms with E-state index in [1.165, 1.54) is 21.2 Å². The van der Waals surface area contributed by atoms with E-state index in [4.69, 9.17) is 0 Å². The highest BCUT2D eigenvalue weighted by Gasteiger charge is 2.47. The normalized spacial score (nSPS) is 10.8. The Balaban J connectivity index is 0.000000257. The first-order valence-corrected chi connectivity index (χ1v) is 13.3. The summed E-state index contributed by atoms with van der Waals surface area (Å²) in [7, 11) is -1.91. The second-order valence-corrected chi connectivity index (χ2v) is 11.7. The van der Waals surface area contributed by atoms with Gasteiger partial charge in [-0.15, -0.1) is 0 Å². The first-order valence-electron chi connectivity index (χ1n) is 11.5. The summed E-state index contributed by atoms with van der Waals surface area (Å²) in [5.41, 5.74) is 1.88. The van der Waals surface area contributed by atoms with Crippen LogP contribution in [0.25, 0.3) is 0 Å². The summed E-state index contributed by atoms with van der Waals surface area (Å²) in [5.74, 6) is 0.414. The summed E-state index contributed by atoms with van der Waals surface area (Å²) in [6, 6.07) is 49.5. The van der Waals surface area contributed by atoms with E-state index >= 15 is 0 Å². The molecule has 5 rings (SSSR count). The minimum absolute atomic E-state index is 0.414. The predicted octanol–water partition coefficient (Wildman–Crippen LogP) is 6.32. The maximum atomic E-state index is 9.21. The molecule has 34 heavy (non-hydrogen) atoms. The Morgan fingerprint density at radius 1 is 0.382 bits per heavy atom. The molecule has 0 spiro atoms. The van der Waals surface area contributed by atoms with E-state index in [1.807, 2.05) is 32.0 Å². The number of aromatic hydroxyl groups is 1. The average Bonchev–Trinajstić information content (AvgIpc) is 2.91. The first-order chi connectivity index (χ1) is 16.6. The van der Waals surface area contributed by atoms with Crippen LogP contribution in [0.1, 0.15) is 11.1 Å². The zero-order valence-corrected chi connectivity index (χ0v) is 20.6. The van der Waals surface area contributed by atoms with Crippen LogP contribution in [0.15, 0.2) is 140 Å². The van der Waals surface area contributed by atoms with Crippen molar-refractivity contribution in [1.29, 1.82) is 0 Å². The van der Waals surface area contributed by atoms with Gasteiger partial charge < -0.3 is 5.11 Å². The van der Waals surface area contributed by atoms with E-state index in [1.54, 1.807) is 0 Å². The van der Waals surface area contributed by atoms with Crippen LogP contribution in [0.5, 0.6) is 5.75 Å². The second kappa shape index (κ2) is 11.0. The van der Waals surface area contributed by atoms with Crippen molar-refractivity contribution in [1.82, 2.24) is 0 Å². The lowest BCUT2D eigenvalue weighted by Crippen LogP contribution is -2.38. The monoisotopic (exact) mass is 461 g/mol. The number of phenolic OH excluding ortho intramolecular Hbond substituents is 1. The van der Waals surface area contributed by atoms with Crippen LogP contribution < -0.4 is 21.2 Å². The molecule has 0 bridgehead atoms. The fourth-order valence-electron chi connectivity index (χ4n) is 4.31. The van der Waals surface area contributed by atoms with Crippen LogP contribution in [0.3, 0.4) is 0 Å². The summed E-state index contributed by atoms with van der Waals surface area (Å²) in [6.45, 7) is 3.78. The lowest BCUT2D eigenvalue weighted by atomic mass is 10.1. The molecule has 0 amide bonds. The van der Waals surface area contributed by atoms with Gasteiger partial charge in [0.15, 0.2) is 0 Å². The third-order valence-corrected chi connectivity index (χ3v) is 10.3. The first kappa shape index (κ1) is 23.5. The molecule has 0 aliphatic carbocycles. The number of hydrogen-bond donors (Lipinski definition) is 1. The van der Waals surface area contributed by atoms with Crippen LogP contribution in [-0.2, 0) is 0 Å². The van der Waals surface area contributed by atoms with Crippen LogP contribution in [0.4, 0.5) is 0 Å². The lowest BCUT2D eigenvalue weighted by molar-refractivity contribution is 0.467. The van der Waals surface area contributed by atoms with E-state index in [9.17, 15) is 5.11 Å². The van der Waals surface area contributed by atoms with Gasteiger partial charge in [0.05, 0.1) is 0 Å². The van der Waals surface area contributed by atoms with Gasteiger partial charge in [-0.2, -0.15) is 0 Å². The Bertz CT molecular complexity index is 1120. The minimum Gasteiger partial charge on any atom is -0.507 e. The van der Waals surface area contributed by atoms with Crippen molar-refractivity contribution in [3.05, 3.63) is 151 Å². The van der Waals surface area contributed by atoms with Crippen molar-refractivity contribution in [2.45, 2.75) is 13.8 Å². The molecule has 0 unspecified atom stereocenters. The van der Waals surface area contributed by atoms with Crippen molar-refractivity contribution in [3.8, 4) is 5.75 Å². The van der Waals surface area contributed by atoms with Crippen LogP contribution in [-0.4, -0.2) is 5.11 Å². The van der Waals surface area contributed by atoms with Gasteiger partial charge in [0.1, 0.15) is 34.2 Å². The lowest BCUT2D eigenvalue weighted by Gasteiger charge is -2.27. The Labute approximate surface area is 203 Å². The van der Waals surface area contributed by atoms with Gasteiger partial charge in [0.25, 0.3) is 0 Å². The summed E-state index contributed by atoms with van der Waals surface area (Å²) in [5, 5.41) is 14.8. The third-order valence-electron chi connectivity index (χ3n) is 6.01. The topological polar surface area (TPSA) is 20.2 Å². The number of rotatable bonds is 4. The Morgan fingerprint density at radius 3 is 0.882 bits per heavy atom. The number of hydrogen-bond acceptors (Lipinski definition) is 1. The summed E-state index contributed by atoms with van der Waals surface area (Å²) in [6.07, 6.45) is 0. The molecule has 0 saturated heterocycles. The fraction of sp³-hybridized carbons (Fsp3) is 0.0625. The standard InChI is InChI=1S/C24H20P.C8H10O/c1-5-13-21(14-6-1)25(22-15-7-2-8-16-22,23-17-9-3-10-18-23)24-19-11-4-12-20-24;1-6-4-3-5-7(2)8(6)9/h1-20H;3-5,9H,1-2H3/q+1;. The third kappa shape index (κ3) is 4.81. The molecule has 0 radical (unpaired) electrons. The van der Waals surface area contributed by atoms with Gasteiger partial charge in [0.2, 0.25) is 0 Å². The van der Waals surface area contributed by atoms with E-state index in [-0.39, 0.29) is 0 Å². The van der Waals surface area contributed by atoms with Gasteiger partial charge >= 0.3 is 0 Å². The zero-order chi connectivity index (χ0) is 23.8. The molecule has 1 N–H and O–H groups in total. The van der Waals surface area contributed by atoms with Gasteiger partial charge in [-0.1, -0.05) is 91.0 Å². The van der Waals surface area contributed by atoms with Crippen molar-refractivity contribution in [3.63, 3.8) is 0 Å². The maximum Gasteiger partial charge on any atom is 0.144 e. The van der Waals surface area contributed by atoms with Crippen molar-refractivity contribution in [2.24, 2.45) is 0 Å². The maximum absolute atomic E-state index is 9.21. The molecule has 5 aromatic rings. The fourth-order valence-corrected chi connectivity index (χ4v) is 8.57. The quantitative estimate of drug-likeness (QED) is 0.311. The smallest absolute Gasteiger partial charge is 0.144 e. The van der Waals surface area contributed by atoms with Gasteiger partial charge in [-0.3, -0.25) is 0 Å². The highest BCUT2D eigenvalue weighted by molar-refractivity contribution is 8.01. The summed E-state index contributed by atoms with van der Waals surface area (Å²) < 4.78 is 0. The Kier molecular flexibility index (Phi) is 7.58. The average molecular weight is 462 g/mol. The molecule has 0 aliphatic rings. The molecule has 2 heteroatoms. The van der Waals surface area contributed by atoms with Gasteiger partial charge in [-0.25, -0.2) is 0 Å². The molecule has 5 aromatic carbocycles. The van der Waals surface area contributed by atoms with Crippen LogP contribution in [0, 0.1) is 13.8 Å². The zero-order valence-electron chi connectivity index (χ0n) is 19.7. The molecule has 0 aromatic heterocycles. The minimum atomic E-state index is -1.91. The number of benzene rings is 5. The Morgan fingerprint density at radius 2 is 0.647 bits per heavy atom. The van der Waals surface area contributed by atoms with Gasteiger partial charge in [-0.05, 0) is 73.5 Å². The predicted molar refractivity (Wildman–Crippen MR) is 149 cm³/mol. The molecule has 168 valence electrons. The molecule has 0 fully saturated rings. The van der Waals surface area contributed by atoms with Crippen LogP contribution >= 0.6 is 7.26 Å². The molecule has 0 atom stereocenters. The highest BCUT2D eigenvalue weighted by atomic mass is 31.2. The largest absolute Gasteiger partial charge is 0.507 e. The summed E-state index contributed by atoms with van der Waals surface area (Å²) >= 11 is 0. The molecular weight excluding hydrogens is 431 g/mol. The van der Waals surface area contributed by atoms with Crippen molar-refractivity contribution >= 4 is 28.5 Å². The number of phenols is 1. The molecule has 0 aliphatic heterocycles. The molecule has 0 heterocycles. The van der Waals surface area contributed by atoms with Gasteiger partial charge in [0, 0.05) is 0 Å². The van der Waals surface area contributed by atoms with E-state index in [2.05, 4.69) is 121 Å². The molecule has 1 nitrogen and oxygen atoms in total. The highest BCUT2D eigenvalue weighted by Crippen LogP contribution is 2.53. The van der Waals surface area contributed by atoms with E-state index in [0.29, 0.717) is 5.75 Å². The SMILES string of the molecule is Cc1cccc(C)c1O.c1ccc([P+](c2ccccc2)(c2ccccc2)c2ccccc2)cc1. The van der Waals surface area contributed by atoms with Crippen molar-refractivity contribution < 1.29 is 5.11 Å². The summed E-state index contributed by atoms with van der Waals surface area (Å²) in [4.78, 5) is 0. The van der Waals surface area contributed by atoms with E-state index in [0.717, 1.165) is 11.1 Å². The number of para-hydroxylation sites is 1. The number of aryl methyl sites for hydroxylation is 2. The Hall–Kier alpha value is -3.67. The second-order valence-electron chi connectivity index (χ2n) is 8.25. The molecular formula is C32H30OP+. The van der Waals surface area contributed by atoms with E-state index < -0.39 is 7.26 Å². The molecule has 0 saturated carbocycles. The van der Waals surface area contributed by atoms with Crippen LogP contribution in [0.2, 0.25) is 0 Å².